The van der Waals surface area contributed by atoms with E-state index in [1.165, 1.54) is 12.7 Å². The fourth-order valence-corrected chi connectivity index (χ4v) is 2.69. The van der Waals surface area contributed by atoms with Gasteiger partial charge in [0.2, 0.25) is 0 Å². The lowest BCUT2D eigenvalue weighted by molar-refractivity contribution is 0.0601. The quantitative estimate of drug-likeness (QED) is 0.617. The lowest BCUT2D eigenvalue weighted by Gasteiger charge is -2.11. The van der Waals surface area contributed by atoms with Gasteiger partial charge in [0.25, 0.3) is 5.91 Å². The maximum atomic E-state index is 12.2. The molecule has 0 fully saturated rings. The molecule has 1 heterocycles. The molecule has 2 aromatic carbocycles. The standard InChI is InChI=1S/C22H21N3O3/c1-28-22(27)18-9-5-6-10-19(18)25-17-11-12-20(24-15-17)21(26)23-14-13-16-7-3-2-4-8-16/h2-12,15,25H,13-14H2,1H3,(H,23,26). The summed E-state index contributed by atoms with van der Waals surface area (Å²) >= 11 is 0. The Kier molecular flexibility index (Phi) is 6.36. The number of nitrogens with one attached hydrogen (secondary N) is 2. The highest BCUT2D eigenvalue weighted by Crippen LogP contribution is 2.21. The van der Waals surface area contributed by atoms with Gasteiger partial charge in [-0.2, -0.15) is 0 Å². The van der Waals surface area contributed by atoms with Gasteiger partial charge in [0.1, 0.15) is 5.69 Å². The van der Waals surface area contributed by atoms with Crippen molar-refractivity contribution in [1.29, 1.82) is 0 Å². The van der Waals surface area contributed by atoms with E-state index >= 15 is 0 Å². The van der Waals surface area contributed by atoms with E-state index in [0.29, 0.717) is 29.2 Å². The van der Waals surface area contributed by atoms with Crippen molar-refractivity contribution in [2.75, 3.05) is 19.0 Å². The average molecular weight is 375 g/mol. The first-order valence-corrected chi connectivity index (χ1v) is 8.90. The molecule has 0 bridgehead atoms. The third-order valence-electron chi connectivity index (χ3n) is 4.15. The highest BCUT2D eigenvalue weighted by atomic mass is 16.5. The van der Waals surface area contributed by atoms with E-state index in [0.717, 1.165) is 6.42 Å². The zero-order valence-corrected chi connectivity index (χ0v) is 15.5. The number of methoxy groups -OCH3 is 1. The summed E-state index contributed by atoms with van der Waals surface area (Å²) in [5, 5.41) is 5.99. The normalized spacial score (nSPS) is 10.2. The number of pyridine rings is 1. The molecule has 0 aliphatic heterocycles. The van der Waals surface area contributed by atoms with Gasteiger partial charge in [-0.15, -0.1) is 0 Å². The minimum atomic E-state index is -0.425. The summed E-state index contributed by atoms with van der Waals surface area (Å²) < 4.78 is 4.79. The number of aromatic nitrogens is 1. The lowest BCUT2D eigenvalue weighted by atomic mass is 10.1. The number of nitrogens with zero attached hydrogens (tertiary/aromatic N) is 1. The van der Waals surface area contributed by atoms with Crippen LogP contribution in [0.3, 0.4) is 0 Å². The minimum absolute atomic E-state index is 0.225. The van der Waals surface area contributed by atoms with Crippen LogP contribution in [0.5, 0.6) is 0 Å². The van der Waals surface area contributed by atoms with Crippen LogP contribution in [0.2, 0.25) is 0 Å². The van der Waals surface area contributed by atoms with Crippen molar-refractivity contribution < 1.29 is 14.3 Å². The first kappa shape index (κ1) is 19.1. The Bertz CT molecular complexity index is 941. The number of hydrogen-bond donors (Lipinski definition) is 2. The molecule has 0 radical (unpaired) electrons. The van der Waals surface area contributed by atoms with Gasteiger partial charge in [-0.25, -0.2) is 9.78 Å². The van der Waals surface area contributed by atoms with Gasteiger partial charge in [-0.05, 0) is 36.2 Å². The van der Waals surface area contributed by atoms with Crippen LogP contribution in [-0.4, -0.2) is 30.5 Å². The van der Waals surface area contributed by atoms with E-state index in [-0.39, 0.29) is 5.91 Å². The number of amides is 1. The Balaban J connectivity index is 1.59. The van der Waals surface area contributed by atoms with Crippen LogP contribution in [0.4, 0.5) is 11.4 Å². The van der Waals surface area contributed by atoms with Crippen LogP contribution in [0.1, 0.15) is 26.4 Å². The lowest BCUT2D eigenvalue weighted by Crippen LogP contribution is -2.26. The monoisotopic (exact) mass is 375 g/mol. The summed E-state index contributed by atoms with van der Waals surface area (Å²) in [6, 6.07) is 20.4. The molecule has 0 aliphatic rings. The van der Waals surface area contributed by atoms with Gasteiger partial charge in [0.05, 0.1) is 30.2 Å². The van der Waals surface area contributed by atoms with Crippen molar-refractivity contribution in [3.63, 3.8) is 0 Å². The van der Waals surface area contributed by atoms with E-state index in [1.54, 1.807) is 36.5 Å². The predicted molar refractivity (Wildman–Crippen MR) is 108 cm³/mol. The summed E-state index contributed by atoms with van der Waals surface area (Å²) in [6.07, 6.45) is 2.32. The zero-order valence-electron chi connectivity index (χ0n) is 15.5. The zero-order chi connectivity index (χ0) is 19.8. The summed E-state index contributed by atoms with van der Waals surface area (Å²) in [4.78, 5) is 28.3. The van der Waals surface area contributed by atoms with Crippen LogP contribution in [0.15, 0.2) is 72.9 Å². The Morgan fingerprint density at radius 1 is 0.964 bits per heavy atom. The highest BCUT2D eigenvalue weighted by molar-refractivity contribution is 5.96. The second kappa shape index (κ2) is 9.32. The number of benzene rings is 2. The number of hydrogen-bond acceptors (Lipinski definition) is 5. The predicted octanol–water partition coefficient (Wildman–Crippen LogP) is 3.58. The van der Waals surface area contributed by atoms with E-state index in [2.05, 4.69) is 15.6 Å². The molecule has 0 spiro atoms. The smallest absolute Gasteiger partial charge is 0.339 e. The van der Waals surface area contributed by atoms with Crippen molar-refractivity contribution in [3.05, 3.63) is 89.7 Å². The Hall–Kier alpha value is -3.67. The molecule has 1 aromatic heterocycles. The van der Waals surface area contributed by atoms with Crippen molar-refractivity contribution in [1.82, 2.24) is 10.3 Å². The highest BCUT2D eigenvalue weighted by Gasteiger charge is 2.12. The second-order valence-corrected chi connectivity index (χ2v) is 6.09. The maximum absolute atomic E-state index is 12.2. The molecule has 0 aliphatic carbocycles. The third kappa shape index (κ3) is 4.94. The molecule has 3 rings (SSSR count). The van der Waals surface area contributed by atoms with Crippen LogP contribution in [0.25, 0.3) is 0 Å². The fraction of sp³-hybridized carbons (Fsp3) is 0.136. The molecule has 6 heteroatoms. The molecule has 6 nitrogen and oxygen atoms in total. The average Bonchev–Trinajstić information content (AvgIpc) is 2.75. The molecule has 0 atom stereocenters. The molecule has 2 N–H and O–H groups in total. The summed E-state index contributed by atoms with van der Waals surface area (Å²) in [5.41, 5.74) is 3.19. The Morgan fingerprint density at radius 3 is 2.43 bits per heavy atom. The number of ether oxygens (including phenoxy) is 1. The molecule has 3 aromatic rings. The van der Waals surface area contributed by atoms with Crippen molar-refractivity contribution >= 4 is 23.3 Å². The van der Waals surface area contributed by atoms with E-state index < -0.39 is 5.97 Å². The SMILES string of the molecule is COC(=O)c1ccccc1Nc1ccc(C(=O)NCCc2ccccc2)nc1. The number of carbonyl (C=O) groups excluding carboxylic acids is 2. The number of para-hydroxylation sites is 1. The molecule has 0 saturated heterocycles. The molecule has 142 valence electrons. The third-order valence-corrected chi connectivity index (χ3v) is 4.15. The fourth-order valence-electron chi connectivity index (χ4n) is 2.69. The van der Waals surface area contributed by atoms with Crippen LogP contribution in [-0.2, 0) is 11.2 Å². The van der Waals surface area contributed by atoms with Gasteiger partial charge >= 0.3 is 5.97 Å². The van der Waals surface area contributed by atoms with Gasteiger partial charge in [-0.3, -0.25) is 4.79 Å². The van der Waals surface area contributed by atoms with Gasteiger partial charge in [-0.1, -0.05) is 42.5 Å². The number of rotatable bonds is 7. The van der Waals surface area contributed by atoms with Crippen molar-refractivity contribution in [2.24, 2.45) is 0 Å². The molecular formula is C22H21N3O3. The molecular weight excluding hydrogens is 354 g/mol. The van der Waals surface area contributed by atoms with Crippen LogP contribution < -0.4 is 10.6 Å². The van der Waals surface area contributed by atoms with Gasteiger partial charge < -0.3 is 15.4 Å². The summed E-state index contributed by atoms with van der Waals surface area (Å²) in [7, 11) is 1.34. The van der Waals surface area contributed by atoms with E-state index in [9.17, 15) is 9.59 Å². The van der Waals surface area contributed by atoms with E-state index in [1.807, 2.05) is 36.4 Å². The number of esters is 1. The van der Waals surface area contributed by atoms with Gasteiger partial charge in [0, 0.05) is 6.54 Å². The first-order chi connectivity index (χ1) is 13.7. The maximum Gasteiger partial charge on any atom is 0.339 e. The van der Waals surface area contributed by atoms with Crippen LogP contribution in [0, 0.1) is 0 Å². The van der Waals surface area contributed by atoms with Crippen LogP contribution >= 0.6 is 0 Å². The molecule has 0 saturated carbocycles. The van der Waals surface area contributed by atoms with E-state index in [4.69, 9.17) is 4.74 Å². The topological polar surface area (TPSA) is 80.3 Å². The summed E-state index contributed by atoms with van der Waals surface area (Å²) in [5.74, 6) is -0.650. The van der Waals surface area contributed by atoms with Crippen molar-refractivity contribution in [3.8, 4) is 0 Å². The minimum Gasteiger partial charge on any atom is -0.465 e. The largest absolute Gasteiger partial charge is 0.465 e. The Labute approximate surface area is 163 Å². The van der Waals surface area contributed by atoms with Gasteiger partial charge in [0.15, 0.2) is 0 Å². The molecule has 28 heavy (non-hydrogen) atoms. The number of anilines is 2. The van der Waals surface area contributed by atoms with Crippen molar-refractivity contribution in [2.45, 2.75) is 6.42 Å². The second-order valence-electron chi connectivity index (χ2n) is 6.09. The molecule has 1 amide bonds. The summed E-state index contributed by atoms with van der Waals surface area (Å²) in [6.45, 7) is 0.539. The number of carbonyl (C=O) groups is 2. The first-order valence-electron chi connectivity index (χ1n) is 8.90. The molecule has 0 unspecified atom stereocenters. The Morgan fingerprint density at radius 2 is 1.71 bits per heavy atom.